The van der Waals surface area contributed by atoms with Gasteiger partial charge in [-0.25, -0.2) is 4.79 Å². The lowest BCUT2D eigenvalue weighted by Crippen LogP contribution is -2.30. The molecule has 100 valence electrons. The maximum atomic E-state index is 12.2. The number of esters is 1. The number of hydrogen-bond acceptors (Lipinski definition) is 3. The molecule has 0 aliphatic carbocycles. The lowest BCUT2D eigenvalue weighted by atomic mass is 10.1. The van der Waals surface area contributed by atoms with Crippen molar-refractivity contribution in [3.05, 3.63) is 83.7 Å². The van der Waals surface area contributed by atoms with Gasteiger partial charge in [-0.2, -0.15) is 0 Å². The van der Waals surface area contributed by atoms with E-state index in [-0.39, 0.29) is 5.97 Å². The molecule has 0 spiro atoms. The van der Waals surface area contributed by atoms with Gasteiger partial charge >= 0.3 is 5.97 Å². The minimum atomic E-state index is -0.292. The van der Waals surface area contributed by atoms with Gasteiger partial charge in [0.25, 0.3) is 0 Å². The average molecular weight is 265 g/mol. The van der Waals surface area contributed by atoms with Crippen molar-refractivity contribution in [2.75, 3.05) is 6.54 Å². The zero-order valence-electron chi connectivity index (χ0n) is 11.0. The normalized spacial score (nSPS) is 16.3. The van der Waals surface area contributed by atoms with Crippen molar-refractivity contribution < 1.29 is 9.53 Å². The van der Waals surface area contributed by atoms with E-state index in [0.717, 1.165) is 11.3 Å². The molecule has 0 atom stereocenters. The van der Waals surface area contributed by atoms with E-state index in [1.807, 2.05) is 65.6 Å². The summed E-state index contributed by atoms with van der Waals surface area (Å²) in [4.78, 5) is 14.2. The summed E-state index contributed by atoms with van der Waals surface area (Å²) in [6.45, 7) is 0.992. The third-order valence-corrected chi connectivity index (χ3v) is 3.24. The monoisotopic (exact) mass is 265 g/mol. The maximum Gasteiger partial charge on any atom is 0.355 e. The van der Waals surface area contributed by atoms with Crippen LogP contribution in [0.2, 0.25) is 0 Å². The Morgan fingerprint density at radius 2 is 2.00 bits per heavy atom. The minimum Gasteiger partial charge on any atom is -0.456 e. The first kappa shape index (κ1) is 12.5. The van der Waals surface area contributed by atoms with Gasteiger partial charge in [0.05, 0.1) is 0 Å². The number of ether oxygens (including phenoxy) is 1. The summed E-state index contributed by atoms with van der Waals surface area (Å²) in [6, 6.07) is 9.69. The fourth-order valence-electron chi connectivity index (χ4n) is 2.21. The third kappa shape index (κ3) is 2.57. The van der Waals surface area contributed by atoms with Gasteiger partial charge in [-0.3, -0.25) is 0 Å². The lowest BCUT2D eigenvalue weighted by molar-refractivity contribution is -0.141. The van der Waals surface area contributed by atoms with Crippen molar-refractivity contribution in [3.63, 3.8) is 0 Å². The van der Waals surface area contributed by atoms with Crippen molar-refractivity contribution in [1.29, 1.82) is 0 Å². The van der Waals surface area contributed by atoms with Gasteiger partial charge in [-0.05, 0) is 23.8 Å². The molecule has 20 heavy (non-hydrogen) atoms. The predicted octanol–water partition coefficient (Wildman–Crippen LogP) is 2.94. The first-order valence-corrected chi connectivity index (χ1v) is 6.58. The third-order valence-electron chi connectivity index (χ3n) is 3.24. The Kier molecular flexibility index (Phi) is 3.50. The molecule has 0 N–H and O–H groups in total. The van der Waals surface area contributed by atoms with Gasteiger partial charge in [-0.15, -0.1) is 0 Å². The number of rotatable bonds is 3. The van der Waals surface area contributed by atoms with Crippen LogP contribution in [0.1, 0.15) is 5.56 Å². The van der Waals surface area contributed by atoms with E-state index in [1.54, 1.807) is 6.08 Å². The summed E-state index contributed by atoms with van der Waals surface area (Å²) in [5, 5.41) is 0. The van der Waals surface area contributed by atoms with Crippen molar-refractivity contribution >= 4 is 5.97 Å². The van der Waals surface area contributed by atoms with E-state index in [1.165, 1.54) is 0 Å². The molecule has 0 saturated carbocycles. The van der Waals surface area contributed by atoms with Crippen LogP contribution in [0.5, 0.6) is 0 Å². The van der Waals surface area contributed by atoms with Crippen LogP contribution in [0.25, 0.3) is 0 Å². The van der Waals surface area contributed by atoms with E-state index in [9.17, 15) is 4.79 Å². The smallest absolute Gasteiger partial charge is 0.355 e. The molecule has 0 unspecified atom stereocenters. The Labute approximate surface area is 118 Å². The molecule has 0 bridgehead atoms. The highest BCUT2D eigenvalue weighted by Crippen LogP contribution is 2.23. The molecule has 0 radical (unpaired) electrons. The van der Waals surface area contributed by atoms with Crippen LogP contribution in [-0.4, -0.2) is 17.4 Å². The summed E-state index contributed by atoms with van der Waals surface area (Å²) in [6.07, 6.45) is 11.6. The summed E-state index contributed by atoms with van der Waals surface area (Å²) in [5.74, 6) is -0.292. The van der Waals surface area contributed by atoms with Crippen LogP contribution in [0.3, 0.4) is 0 Å². The number of nitrogens with zero attached hydrogens (tertiary/aromatic N) is 1. The number of hydrogen-bond donors (Lipinski definition) is 0. The zero-order valence-corrected chi connectivity index (χ0v) is 11.0. The van der Waals surface area contributed by atoms with Crippen LogP contribution in [0.4, 0.5) is 0 Å². The molecule has 2 aliphatic rings. The molecular formula is C17H15NO2. The Bertz CT molecular complexity index is 624. The molecule has 0 amide bonds. The highest BCUT2D eigenvalue weighted by Gasteiger charge is 2.22. The fourth-order valence-corrected chi connectivity index (χ4v) is 2.21. The van der Waals surface area contributed by atoms with Crippen LogP contribution in [0, 0.1) is 0 Å². The molecule has 3 nitrogen and oxygen atoms in total. The van der Waals surface area contributed by atoms with Gasteiger partial charge in [-0.1, -0.05) is 48.6 Å². The highest BCUT2D eigenvalue weighted by atomic mass is 16.5. The van der Waals surface area contributed by atoms with Gasteiger partial charge < -0.3 is 9.64 Å². The molecule has 3 rings (SSSR count). The first-order chi connectivity index (χ1) is 9.84. The van der Waals surface area contributed by atoms with E-state index < -0.39 is 0 Å². The predicted molar refractivity (Wildman–Crippen MR) is 77.4 cm³/mol. The number of fused-ring (bicyclic) bond motifs is 1. The van der Waals surface area contributed by atoms with Gasteiger partial charge in [0.2, 0.25) is 0 Å². The number of benzene rings is 1. The summed E-state index contributed by atoms with van der Waals surface area (Å²) >= 11 is 0. The summed E-state index contributed by atoms with van der Waals surface area (Å²) < 4.78 is 5.38. The highest BCUT2D eigenvalue weighted by molar-refractivity contribution is 5.89. The quantitative estimate of drug-likeness (QED) is 0.787. The summed E-state index contributed by atoms with van der Waals surface area (Å²) in [7, 11) is 0. The van der Waals surface area contributed by atoms with E-state index in [4.69, 9.17) is 4.74 Å². The molecule has 0 aromatic heterocycles. The van der Waals surface area contributed by atoms with Crippen molar-refractivity contribution in [2.24, 2.45) is 0 Å². The zero-order chi connectivity index (χ0) is 13.8. The molecule has 2 aliphatic heterocycles. The second-order valence-corrected chi connectivity index (χ2v) is 4.60. The van der Waals surface area contributed by atoms with Gasteiger partial charge in [0, 0.05) is 12.2 Å². The first-order valence-electron chi connectivity index (χ1n) is 6.58. The Morgan fingerprint density at radius 1 is 1.15 bits per heavy atom. The Hall–Kier alpha value is -2.55. The standard InChI is InChI=1S/C17H15NO2/c19-17(20-13-14-7-2-1-3-8-14)16-11-6-10-15-9-4-5-12-18(15)16/h1-11H,12-13H2. The van der Waals surface area contributed by atoms with Crippen molar-refractivity contribution in [2.45, 2.75) is 6.61 Å². The van der Waals surface area contributed by atoms with Gasteiger partial charge in [0.1, 0.15) is 12.3 Å². The Balaban J connectivity index is 1.68. The average Bonchev–Trinajstić information content (AvgIpc) is 2.53. The molecule has 1 aromatic carbocycles. The molecule has 0 saturated heterocycles. The largest absolute Gasteiger partial charge is 0.456 e. The topological polar surface area (TPSA) is 29.5 Å². The van der Waals surface area contributed by atoms with Crippen LogP contribution in [0.15, 0.2) is 78.2 Å². The van der Waals surface area contributed by atoms with E-state index in [0.29, 0.717) is 18.8 Å². The second kappa shape index (κ2) is 5.61. The van der Waals surface area contributed by atoms with Crippen LogP contribution >= 0.6 is 0 Å². The van der Waals surface area contributed by atoms with E-state index in [2.05, 4.69) is 0 Å². The van der Waals surface area contributed by atoms with Crippen molar-refractivity contribution in [3.8, 4) is 0 Å². The summed E-state index contributed by atoms with van der Waals surface area (Å²) in [5.41, 5.74) is 2.59. The van der Waals surface area contributed by atoms with Gasteiger partial charge in [0.15, 0.2) is 0 Å². The van der Waals surface area contributed by atoms with E-state index >= 15 is 0 Å². The molecule has 2 heterocycles. The van der Waals surface area contributed by atoms with Crippen LogP contribution < -0.4 is 0 Å². The SMILES string of the molecule is O=C(OCc1ccccc1)C1=CC=CC2=CC=CCN21. The molecule has 0 fully saturated rings. The molecule has 1 aromatic rings. The number of allylic oxidation sites excluding steroid dienone is 5. The second-order valence-electron chi connectivity index (χ2n) is 4.60. The fraction of sp³-hybridized carbons (Fsp3) is 0.118. The van der Waals surface area contributed by atoms with Crippen molar-refractivity contribution in [1.82, 2.24) is 4.90 Å². The molecule has 3 heteroatoms. The maximum absolute atomic E-state index is 12.2. The molecular weight excluding hydrogens is 250 g/mol. The lowest BCUT2D eigenvalue weighted by Gasteiger charge is -2.29. The number of carbonyl (C=O) groups excluding carboxylic acids is 1. The number of carbonyl (C=O) groups is 1. The van der Waals surface area contributed by atoms with Crippen LogP contribution in [-0.2, 0) is 16.1 Å². The minimum absolute atomic E-state index is 0.292. The Morgan fingerprint density at radius 3 is 2.85 bits per heavy atom.